The summed E-state index contributed by atoms with van der Waals surface area (Å²) in [4.78, 5) is 28.6. The molecule has 6 nitrogen and oxygen atoms in total. The number of carbonyl (C=O) groups is 2. The molecule has 1 fully saturated rings. The normalized spacial score (nSPS) is 27.1. The van der Waals surface area contributed by atoms with Crippen LogP contribution in [-0.4, -0.2) is 41.1 Å². The van der Waals surface area contributed by atoms with Gasteiger partial charge >= 0.3 is 0 Å². The minimum absolute atomic E-state index is 0.0835. The van der Waals surface area contributed by atoms with Gasteiger partial charge in [-0.05, 0) is 54.7 Å². The first-order chi connectivity index (χ1) is 15.5. The van der Waals surface area contributed by atoms with Gasteiger partial charge in [0.2, 0.25) is 0 Å². The minimum atomic E-state index is -1.04. The molecule has 1 aliphatic carbocycles. The number of ketones is 1. The summed E-state index contributed by atoms with van der Waals surface area (Å²) in [6.45, 7) is 0.263. The Morgan fingerprint density at radius 3 is 2.50 bits per heavy atom. The molecule has 4 unspecified atom stereocenters. The standard InChI is InChI=1S/C25H24FNO5/c1-31-18-9-2-14(3-10-18)13-27-22(15-4-7-17(28)8-5-15)21-23(29)19-12-16(26)6-11-20(19)32-24(21)25(27)30/h2-5,7-10,16,19-20,22,28H,6,11-13H2,1H3. The zero-order chi connectivity index (χ0) is 22.4. The van der Waals surface area contributed by atoms with Crippen LogP contribution in [-0.2, 0) is 20.9 Å². The number of phenolic OH excluding ortho intramolecular Hbond substituents is 1. The van der Waals surface area contributed by atoms with Gasteiger partial charge in [-0.2, -0.15) is 0 Å². The highest BCUT2D eigenvalue weighted by molar-refractivity contribution is 6.11. The number of amides is 1. The van der Waals surface area contributed by atoms with E-state index in [0.717, 1.165) is 5.56 Å². The predicted molar refractivity (Wildman–Crippen MR) is 114 cm³/mol. The summed E-state index contributed by atoms with van der Waals surface area (Å²) >= 11 is 0. The fourth-order valence-corrected chi connectivity index (χ4v) is 4.96. The Labute approximate surface area is 185 Å². The Kier molecular flexibility index (Phi) is 5.12. The van der Waals surface area contributed by atoms with Crippen molar-refractivity contribution in [2.75, 3.05) is 7.11 Å². The third-order valence-corrected chi connectivity index (χ3v) is 6.60. The van der Waals surface area contributed by atoms with E-state index < -0.39 is 24.2 Å². The molecular weight excluding hydrogens is 413 g/mol. The monoisotopic (exact) mass is 437 g/mol. The second-order valence-electron chi connectivity index (χ2n) is 8.56. The molecule has 4 atom stereocenters. The van der Waals surface area contributed by atoms with Crippen molar-refractivity contribution in [2.45, 2.75) is 44.1 Å². The second kappa shape index (κ2) is 7.97. The van der Waals surface area contributed by atoms with Crippen LogP contribution in [0.25, 0.3) is 0 Å². The van der Waals surface area contributed by atoms with E-state index in [1.54, 1.807) is 24.1 Å². The van der Waals surface area contributed by atoms with Crippen LogP contribution in [0.15, 0.2) is 59.9 Å². The van der Waals surface area contributed by atoms with Crippen LogP contribution in [0.4, 0.5) is 4.39 Å². The van der Waals surface area contributed by atoms with Crippen molar-refractivity contribution in [3.63, 3.8) is 0 Å². The highest BCUT2D eigenvalue weighted by Gasteiger charge is 2.52. The van der Waals surface area contributed by atoms with E-state index in [0.29, 0.717) is 29.7 Å². The molecule has 7 heteroatoms. The van der Waals surface area contributed by atoms with Gasteiger partial charge in [-0.3, -0.25) is 9.59 Å². The average molecular weight is 437 g/mol. The number of methoxy groups -OCH3 is 1. The molecule has 2 heterocycles. The van der Waals surface area contributed by atoms with Crippen LogP contribution in [0, 0.1) is 5.92 Å². The number of Topliss-reactive ketones (excluding diaryl/α,β-unsaturated/α-hetero) is 1. The fraction of sp³-hybridized carbons (Fsp3) is 0.360. The molecule has 1 saturated carbocycles. The smallest absolute Gasteiger partial charge is 0.290 e. The summed E-state index contributed by atoms with van der Waals surface area (Å²) in [5.41, 5.74) is 1.86. The Balaban J connectivity index is 1.54. The molecule has 0 radical (unpaired) electrons. The first-order valence-electron chi connectivity index (χ1n) is 10.8. The highest BCUT2D eigenvalue weighted by Crippen LogP contribution is 2.47. The number of fused-ring (bicyclic) bond motifs is 1. The lowest BCUT2D eigenvalue weighted by Crippen LogP contribution is -2.42. The number of nitrogens with zero attached hydrogens (tertiary/aromatic N) is 1. The van der Waals surface area contributed by atoms with Crippen molar-refractivity contribution in [2.24, 2.45) is 5.92 Å². The van der Waals surface area contributed by atoms with Crippen molar-refractivity contribution >= 4 is 11.7 Å². The van der Waals surface area contributed by atoms with Crippen LogP contribution in [0.1, 0.15) is 36.4 Å². The SMILES string of the molecule is COc1ccc(CN2C(=O)C3=C(C(=O)C4CC(F)CCC4O3)C2c2ccc(O)cc2)cc1. The number of aromatic hydroxyl groups is 1. The molecule has 0 spiro atoms. The Bertz CT molecular complexity index is 1080. The molecule has 0 aromatic heterocycles. The van der Waals surface area contributed by atoms with E-state index in [1.165, 1.54) is 12.1 Å². The number of alkyl halides is 1. The van der Waals surface area contributed by atoms with Gasteiger partial charge in [0, 0.05) is 6.54 Å². The third kappa shape index (κ3) is 3.42. The first kappa shape index (κ1) is 20.5. The Morgan fingerprint density at radius 2 is 1.81 bits per heavy atom. The van der Waals surface area contributed by atoms with Crippen molar-refractivity contribution in [1.29, 1.82) is 0 Å². The summed E-state index contributed by atoms with van der Waals surface area (Å²) in [7, 11) is 1.59. The number of ether oxygens (including phenoxy) is 2. The average Bonchev–Trinajstić information content (AvgIpc) is 3.07. The molecule has 3 aliphatic rings. The van der Waals surface area contributed by atoms with Gasteiger partial charge in [-0.25, -0.2) is 4.39 Å². The number of hydrogen-bond donors (Lipinski definition) is 1. The van der Waals surface area contributed by atoms with E-state index in [2.05, 4.69) is 0 Å². The van der Waals surface area contributed by atoms with Gasteiger partial charge in [-0.15, -0.1) is 0 Å². The van der Waals surface area contributed by atoms with Crippen molar-refractivity contribution in [3.05, 3.63) is 71.0 Å². The van der Waals surface area contributed by atoms with Crippen molar-refractivity contribution in [3.8, 4) is 11.5 Å². The zero-order valence-corrected chi connectivity index (χ0v) is 17.7. The first-order valence-corrected chi connectivity index (χ1v) is 10.8. The summed E-state index contributed by atoms with van der Waals surface area (Å²) in [6, 6.07) is 13.2. The van der Waals surface area contributed by atoms with Crippen LogP contribution in [0.2, 0.25) is 0 Å². The van der Waals surface area contributed by atoms with Crippen LogP contribution >= 0.6 is 0 Å². The number of hydrogen-bond acceptors (Lipinski definition) is 5. The lowest BCUT2D eigenvalue weighted by atomic mass is 9.77. The summed E-state index contributed by atoms with van der Waals surface area (Å²) in [5, 5.41) is 9.73. The maximum Gasteiger partial charge on any atom is 0.290 e. The molecule has 2 aliphatic heterocycles. The number of halogens is 1. The van der Waals surface area contributed by atoms with Gasteiger partial charge < -0.3 is 19.5 Å². The Hall–Kier alpha value is -3.35. The molecule has 1 amide bonds. The second-order valence-corrected chi connectivity index (χ2v) is 8.56. The molecule has 32 heavy (non-hydrogen) atoms. The van der Waals surface area contributed by atoms with E-state index in [1.807, 2.05) is 24.3 Å². The van der Waals surface area contributed by atoms with E-state index in [-0.39, 0.29) is 36.2 Å². The summed E-state index contributed by atoms with van der Waals surface area (Å²) in [5.74, 6) is -0.249. The zero-order valence-electron chi connectivity index (χ0n) is 17.7. The van der Waals surface area contributed by atoms with Crippen molar-refractivity contribution in [1.82, 2.24) is 4.90 Å². The van der Waals surface area contributed by atoms with Crippen molar-refractivity contribution < 1.29 is 28.6 Å². The van der Waals surface area contributed by atoms with Crippen LogP contribution in [0.3, 0.4) is 0 Å². The maximum atomic E-state index is 14.1. The van der Waals surface area contributed by atoms with Crippen LogP contribution < -0.4 is 4.74 Å². The Morgan fingerprint density at radius 1 is 1.09 bits per heavy atom. The van der Waals surface area contributed by atoms with Gasteiger partial charge in [-0.1, -0.05) is 24.3 Å². The maximum absolute atomic E-state index is 14.1. The number of phenols is 1. The number of carbonyl (C=O) groups excluding carboxylic acids is 2. The molecule has 0 bridgehead atoms. The highest BCUT2D eigenvalue weighted by atomic mass is 19.1. The lowest BCUT2D eigenvalue weighted by Gasteiger charge is -2.36. The largest absolute Gasteiger partial charge is 0.508 e. The van der Waals surface area contributed by atoms with E-state index >= 15 is 0 Å². The molecular formula is C25H24FNO5. The molecule has 166 valence electrons. The van der Waals surface area contributed by atoms with Gasteiger partial charge in [0.25, 0.3) is 5.91 Å². The fourth-order valence-electron chi connectivity index (χ4n) is 4.96. The summed E-state index contributed by atoms with van der Waals surface area (Å²) in [6.07, 6.45) is -0.620. The minimum Gasteiger partial charge on any atom is -0.508 e. The van der Waals surface area contributed by atoms with Gasteiger partial charge in [0.15, 0.2) is 11.5 Å². The molecule has 5 rings (SSSR count). The quantitative estimate of drug-likeness (QED) is 0.787. The van der Waals surface area contributed by atoms with Gasteiger partial charge in [0.05, 0.1) is 24.6 Å². The number of rotatable bonds is 4. The molecule has 0 saturated heterocycles. The molecule has 2 aromatic carbocycles. The topological polar surface area (TPSA) is 76.1 Å². The predicted octanol–water partition coefficient (Wildman–Crippen LogP) is 3.84. The third-order valence-electron chi connectivity index (χ3n) is 6.60. The summed E-state index contributed by atoms with van der Waals surface area (Å²) < 4.78 is 25.4. The molecule has 2 aromatic rings. The van der Waals surface area contributed by atoms with E-state index in [4.69, 9.17) is 9.47 Å². The number of benzene rings is 2. The molecule has 1 N–H and O–H groups in total. The van der Waals surface area contributed by atoms with Gasteiger partial charge in [0.1, 0.15) is 23.8 Å². The van der Waals surface area contributed by atoms with E-state index in [9.17, 15) is 19.1 Å². The lowest BCUT2D eigenvalue weighted by molar-refractivity contribution is -0.136. The van der Waals surface area contributed by atoms with Crippen LogP contribution in [0.5, 0.6) is 11.5 Å².